The molecule has 0 saturated heterocycles. The van der Waals surface area contributed by atoms with Crippen molar-refractivity contribution in [2.75, 3.05) is 0 Å². The van der Waals surface area contributed by atoms with E-state index >= 15 is 0 Å². The molecule has 1 aromatic rings. The fourth-order valence-electron chi connectivity index (χ4n) is 2.75. The number of hydrogen-bond acceptors (Lipinski definition) is 2. The first kappa shape index (κ1) is 13.7. The first-order valence-corrected chi connectivity index (χ1v) is 6.97. The van der Waals surface area contributed by atoms with Crippen LogP contribution in [0.25, 0.3) is 5.57 Å². The number of allylic oxidation sites excluding steroid dienone is 1. The molecule has 0 saturated carbocycles. The van der Waals surface area contributed by atoms with Crippen molar-refractivity contribution in [3.63, 3.8) is 0 Å². The summed E-state index contributed by atoms with van der Waals surface area (Å²) in [5, 5.41) is 0. The smallest absolute Gasteiger partial charge is 0.0565 e. The van der Waals surface area contributed by atoms with E-state index in [1.165, 1.54) is 11.1 Å². The molecular formula is C17H24N2. The molecule has 0 bridgehead atoms. The van der Waals surface area contributed by atoms with Crippen LogP contribution >= 0.6 is 0 Å². The van der Waals surface area contributed by atoms with Gasteiger partial charge < -0.3 is 10.6 Å². The van der Waals surface area contributed by atoms with Gasteiger partial charge in [0.25, 0.3) is 0 Å². The van der Waals surface area contributed by atoms with Gasteiger partial charge in [0.15, 0.2) is 0 Å². The van der Waals surface area contributed by atoms with Gasteiger partial charge in [0.05, 0.1) is 6.04 Å². The lowest BCUT2D eigenvalue weighted by molar-refractivity contribution is 0.169. The van der Waals surface area contributed by atoms with Gasteiger partial charge in [-0.2, -0.15) is 0 Å². The number of nitrogens with two attached hydrogens (primary N) is 1. The summed E-state index contributed by atoms with van der Waals surface area (Å²) >= 11 is 0. The fraction of sp³-hybridized carbons (Fsp3) is 0.412. The Hall–Kier alpha value is -1.70. The summed E-state index contributed by atoms with van der Waals surface area (Å²) in [6.45, 7) is 8.94. The van der Waals surface area contributed by atoms with Crippen LogP contribution in [0.4, 0.5) is 0 Å². The Kier molecular flexibility index (Phi) is 3.70. The maximum absolute atomic E-state index is 6.25. The van der Waals surface area contributed by atoms with Gasteiger partial charge in [-0.15, -0.1) is 0 Å². The maximum Gasteiger partial charge on any atom is 0.0565 e. The lowest BCUT2D eigenvalue weighted by Crippen LogP contribution is -2.46. The molecule has 2 rings (SSSR count). The highest BCUT2D eigenvalue weighted by Gasteiger charge is 2.31. The van der Waals surface area contributed by atoms with E-state index in [2.05, 4.69) is 63.1 Å². The van der Waals surface area contributed by atoms with Crippen LogP contribution in [0.15, 0.2) is 48.3 Å². The molecule has 1 aromatic carbocycles. The summed E-state index contributed by atoms with van der Waals surface area (Å²) < 4.78 is 0. The molecule has 0 radical (unpaired) electrons. The molecule has 102 valence electrons. The predicted molar refractivity (Wildman–Crippen MR) is 82.4 cm³/mol. The molecule has 2 N–H and O–H groups in total. The van der Waals surface area contributed by atoms with E-state index in [1.807, 2.05) is 12.1 Å². The molecule has 1 heterocycles. The monoisotopic (exact) mass is 256 g/mol. The van der Waals surface area contributed by atoms with Crippen molar-refractivity contribution in [1.82, 2.24) is 4.90 Å². The summed E-state index contributed by atoms with van der Waals surface area (Å²) in [5.74, 6) is 0. The molecule has 2 heteroatoms. The summed E-state index contributed by atoms with van der Waals surface area (Å²) in [6, 6.07) is 10.8. The predicted octanol–water partition coefficient (Wildman–Crippen LogP) is 3.76. The van der Waals surface area contributed by atoms with Crippen molar-refractivity contribution in [2.24, 2.45) is 5.73 Å². The van der Waals surface area contributed by atoms with E-state index in [1.54, 1.807) is 0 Å². The second-order valence-corrected chi connectivity index (χ2v) is 6.05. The molecule has 0 amide bonds. The van der Waals surface area contributed by atoms with Gasteiger partial charge in [0.2, 0.25) is 0 Å². The van der Waals surface area contributed by atoms with Crippen LogP contribution < -0.4 is 5.73 Å². The minimum Gasteiger partial charge on any atom is -0.398 e. The van der Waals surface area contributed by atoms with Gasteiger partial charge in [0.1, 0.15) is 0 Å². The van der Waals surface area contributed by atoms with Gasteiger partial charge in [-0.1, -0.05) is 37.3 Å². The number of nitrogens with zero attached hydrogens (tertiary/aromatic N) is 1. The minimum atomic E-state index is 0.0951. The van der Waals surface area contributed by atoms with Gasteiger partial charge in [-0.05, 0) is 38.8 Å². The zero-order valence-corrected chi connectivity index (χ0v) is 12.4. The van der Waals surface area contributed by atoms with E-state index < -0.39 is 0 Å². The fourth-order valence-corrected chi connectivity index (χ4v) is 2.75. The topological polar surface area (TPSA) is 29.3 Å². The molecule has 1 aliphatic rings. The summed E-state index contributed by atoms with van der Waals surface area (Å²) in [7, 11) is 0. The first-order chi connectivity index (χ1) is 8.95. The molecule has 0 aliphatic carbocycles. The van der Waals surface area contributed by atoms with Crippen molar-refractivity contribution >= 4 is 5.57 Å². The third-order valence-electron chi connectivity index (χ3n) is 3.64. The zero-order chi connectivity index (χ0) is 14.0. The highest BCUT2D eigenvalue weighted by atomic mass is 15.2. The van der Waals surface area contributed by atoms with Crippen LogP contribution in [-0.4, -0.2) is 16.5 Å². The quantitative estimate of drug-likeness (QED) is 0.873. The largest absolute Gasteiger partial charge is 0.398 e. The Morgan fingerprint density at radius 3 is 2.32 bits per heavy atom. The zero-order valence-electron chi connectivity index (χ0n) is 12.4. The van der Waals surface area contributed by atoms with E-state index in [-0.39, 0.29) is 5.54 Å². The normalized spacial score (nSPS) is 20.0. The number of benzene rings is 1. The van der Waals surface area contributed by atoms with Crippen LogP contribution in [-0.2, 0) is 0 Å². The average molecular weight is 256 g/mol. The van der Waals surface area contributed by atoms with Crippen molar-refractivity contribution in [3.8, 4) is 0 Å². The third kappa shape index (κ3) is 2.67. The van der Waals surface area contributed by atoms with Crippen LogP contribution in [0.5, 0.6) is 0 Å². The minimum absolute atomic E-state index is 0.0951. The second-order valence-electron chi connectivity index (χ2n) is 6.05. The van der Waals surface area contributed by atoms with Crippen molar-refractivity contribution in [1.29, 1.82) is 0 Å². The third-order valence-corrected chi connectivity index (χ3v) is 3.64. The molecule has 1 aliphatic heterocycles. The van der Waals surface area contributed by atoms with Gasteiger partial charge in [-0.3, -0.25) is 0 Å². The molecule has 1 unspecified atom stereocenters. The standard InChI is InChI=1S/C17H24N2/c1-5-15-16(13-9-7-6-8-10-13)14(18)11-12-19(15)17(2,3)4/h6-12,15H,5,18H2,1-4H3. The first-order valence-electron chi connectivity index (χ1n) is 6.97. The van der Waals surface area contributed by atoms with Crippen LogP contribution in [0.3, 0.4) is 0 Å². The lowest BCUT2D eigenvalue weighted by Gasteiger charge is -2.44. The van der Waals surface area contributed by atoms with Crippen molar-refractivity contribution in [3.05, 3.63) is 53.9 Å². The van der Waals surface area contributed by atoms with Gasteiger partial charge >= 0.3 is 0 Å². The second kappa shape index (κ2) is 5.12. The summed E-state index contributed by atoms with van der Waals surface area (Å²) in [6.07, 6.45) is 5.21. The van der Waals surface area contributed by atoms with Crippen LogP contribution in [0.1, 0.15) is 39.7 Å². The van der Waals surface area contributed by atoms with Crippen LogP contribution in [0.2, 0.25) is 0 Å². The molecule has 19 heavy (non-hydrogen) atoms. The van der Waals surface area contributed by atoms with E-state index in [4.69, 9.17) is 5.73 Å². The summed E-state index contributed by atoms with van der Waals surface area (Å²) in [4.78, 5) is 2.41. The average Bonchev–Trinajstić information content (AvgIpc) is 2.37. The highest BCUT2D eigenvalue weighted by Crippen LogP contribution is 2.34. The lowest BCUT2D eigenvalue weighted by atomic mass is 9.88. The number of rotatable bonds is 2. The van der Waals surface area contributed by atoms with E-state index in [0.29, 0.717) is 6.04 Å². The Labute approximate surface area is 116 Å². The molecule has 2 nitrogen and oxygen atoms in total. The van der Waals surface area contributed by atoms with Crippen molar-refractivity contribution < 1.29 is 0 Å². The summed E-state index contributed by atoms with van der Waals surface area (Å²) in [5.41, 5.74) is 9.71. The SMILES string of the molecule is CCC1C(c2ccccc2)=C(N)C=CN1C(C)(C)C. The van der Waals surface area contributed by atoms with E-state index in [9.17, 15) is 0 Å². The highest BCUT2D eigenvalue weighted by molar-refractivity contribution is 5.75. The molecule has 0 spiro atoms. The molecule has 0 aromatic heterocycles. The van der Waals surface area contributed by atoms with Gasteiger partial charge in [0, 0.05) is 23.0 Å². The Bertz CT molecular complexity index is 492. The maximum atomic E-state index is 6.25. The molecule has 1 atom stereocenters. The Morgan fingerprint density at radius 1 is 1.16 bits per heavy atom. The van der Waals surface area contributed by atoms with Gasteiger partial charge in [-0.25, -0.2) is 0 Å². The van der Waals surface area contributed by atoms with Crippen LogP contribution in [0, 0.1) is 0 Å². The molecule has 0 fully saturated rings. The van der Waals surface area contributed by atoms with E-state index in [0.717, 1.165) is 12.1 Å². The van der Waals surface area contributed by atoms with Crippen molar-refractivity contribution in [2.45, 2.75) is 45.7 Å². The Morgan fingerprint density at radius 2 is 1.79 bits per heavy atom. The number of hydrogen-bond donors (Lipinski definition) is 1. The molecular weight excluding hydrogens is 232 g/mol. The Balaban J connectivity index is 2.48.